The SMILES string of the molecule is O=C1C(P(=O)(O)O)CCN1OCc1ccccc1. The highest BCUT2D eigenvalue weighted by Crippen LogP contribution is 2.46. The van der Waals surface area contributed by atoms with E-state index in [1.807, 2.05) is 30.3 Å². The molecular weight excluding hydrogens is 257 g/mol. The summed E-state index contributed by atoms with van der Waals surface area (Å²) in [6.07, 6.45) is 0.123. The molecule has 1 fully saturated rings. The Labute approximate surface area is 104 Å². The molecule has 18 heavy (non-hydrogen) atoms. The quantitative estimate of drug-likeness (QED) is 0.794. The average molecular weight is 271 g/mol. The van der Waals surface area contributed by atoms with Crippen LogP contribution in [0.1, 0.15) is 12.0 Å². The van der Waals surface area contributed by atoms with Crippen molar-refractivity contribution < 1.29 is 24.0 Å². The molecule has 1 aliphatic rings. The Morgan fingerprint density at radius 3 is 2.56 bits per heavy atom. The number of benzene rings is 1. The van der Waals surface area contributed by atoms with Crippen LogP contribution in [0.3, 0.4) is 0 Å². The number of nitrogens with zero attached hydrogens (tertiary/aromatic N) is 1. The number of rotatable bonds is 4. The van der Waals surface area contributed by atoms with E-state index in [2.05, 4.69) is 0 Å². The standard InChI is InChI=1S/C11H14NO5P/c13-11-10(18(14,15)16)6-7-12(11)17-8-9-4-2-1-3-5-9/h1-5,10H,6-8H2,(H2,14,15,16). The molecule has 1 aliphatic heterocycles. The van der Waals surface area contributed by atoms with Gasteiger partial charge in [-0.2, -0.15) is 0 Å². The van der Waals surface area contributed by atoms with E-state index in [1.165, 1.54) is 0 Å². The summed E-state index contributed by atoms with van der Waals surface area (Å²) in [5.41, 5.74) is -0.363. The van der Waals surface area contributed by atoms with Crippen molar-refractivity contribution in [3.8, 4) is 0 Å². The van der Waals surface area contributed by atoms with Crippen molar-refractivity contribution in [2.45, 2.75) is 18.7 Å². The maximum absolute atomic E-state index is 11.7. The summed E-state index contributed by atoms with van der Waals surface area (Å²) in [5, 5.41) is 1.04. The molecule has 0 spiro atoms. The summed E-state index contributed by atoms with van der Waals surface area (Å²) >= 11 is 0. The first-order chi connectivity index (χ1) is 8.48. The molecule has 0 saturated carbocycles. The Hall–Kier alpha value is -1.20. The third kappa shape index (κ3) is 2.97. The van der Waals surface area contributed by atoms with Crippen LogP contribution in [0.15, 0.2) is 30.3 Å². The molecule has 98 valence electrons. The van der Waals surface area contributed by atoms with Crippen molar-refractivity contribution in [2.24, 2.45) is 0 Å². The minimum Gasteiger partial charge on any atom is -0.324 e. The molecule has 1 aromatic carbocycles. The minimum absolute atomic E-state index is 0.123. The van der Waals surface area contributed by atoms with Crippen molar-refractivity contribution in [3.05, 3.63) is 35.9 Å². The molecule has 0 aliphatic carbocycles. The van der Waals surface area contributed by atoms with Gasteiger partial charge in [-0.05, 0) is 12.0 Å². The van der Waals surface area contributed by atoms with Gasteiger partial charge in [-0.3, -0.25) is 14.2 Å². The number of hydrogen-bond donors (Lipinski definition) is 2. The van der Waals surface area contributed by atoms with E-state index in [4.69, 9.17) is 14.6 Å². The Morgan fingerprint density at radius 1 is 1.33 bits per heavy atom. The first-order valence-electron chi connectivity index (χ1n) is 5.52. The second kappa shape index (κ2) is 5.20. The smallest absolute Gasteiger partial charge is 0.324 e. The van der Waals surface area contributed by atoms with Gasteiger partial charge < -0.3 is 9.79 Å². The fourth-order valence-electron chi connectivity index (χ4n) is 1.81. The Kier molecular flexibility index (Phi) is 3.82. The normalized spacial score (nSPS) is 20.4. The third-order valence-electron chi connectivity index (χ3n) is 2.77. The predicted octanol–water partition coefficient (Wildman–Crippen LogP) is 0.897. The lowest BCUT2D eigenvalue weighted by Crippen LogP contribution is -2.29. The molecule has 0 radical (unpaired) electrons. The van der Waals surface area contributed by atoms with Crippen molar-refractivity contribution in [1.82, 2.24) is 5.06 Å². The fourth-order valence-corrected chi connectivity index (χ4v) is 2.67. The van der Waals surface area contributed by atoms with Gasteiger partial charge in [-0.25, -0.2) is 5.06 Å². The Balaban J connectivity index is 1.93. The molecule has 2 rings (SSSR count). The number of amides is 1. The van der Waals surface area contributed by atoms with Crippen LogP contribution in [0, 0.1) is 0 Å². The lowest BCUT2D eigenvalue weighted by molar-refractivity contribution is -0.182. The summed E-state index contributed by atoms with van der Waals surface area (Å²) in [7, 11) is -4.37. The molecule has 6 nitrogen and oxygen atoms in total. The summed E-state index contributed by atoms with van der Waals surface area (Å²) in [6, 6.07) is 9.27. The van der Waals surface area contributed by atoms with Crippen LogP contribution in [0.4, 0.5) is 0 Å². The zero-order chi connectivity index (χ0) is 13.2. The highest BCUT2D eigenvalue weighted by Gasteiger charge is 2.43. The van der Waals surface area contributed by atoms with Crippen LogP contribution in [0.25, 0.3) is 0 Å². The minimum atomic E-state index is -4.37. The van der Waals surface area contributed by atoms with Crippen molar-refractivity contribution in [2.75, 3.05) is 6.54 Å². The van der Waals surface area contributed by atoms with E-state index in [0.29, 0.717) is 0 Å². The second-order valence-electron chi connectivity index (χ2n) is 4.09. The molecular formula is C11H14NO5P. The highest BCUT2D eigenvalue weighted by molar-refractivity contribution is 7.53. The first-order valence-corrected chi connectivity index (χ1v) is 7.20. The number of hydroxylamine groups is 2. The maximum atomic E-state index is 11.7. The van der Waals surface area contributed by atoms with Crippen LogP contribution in [0.2, 0.25) is 0 Å². The Morgan fingerprint density at radius 2 is 2.00 bits per heavy atom. The van der Waals surface area contributed by atoms with Crippen molar-refractivity contribution in [3.63, 3.8) is 0 Å². The second-order valence-corrected chi connectivity index (χ2v) is 5.89. The zero-order valence-electron chi connectivity index (χ0n) is 9.60. The molecule has 1 amide bonds. The molecule has 1 unspecified atom stereocenters. The van der Waals surface area contributed by atoms with Gasteiger partial charge in [0.25, 0.3) is 5.91 Å². The van der Waals surface area contributed by atoms with E-state index in [-0.39, 0.29) is 19.6 Å². The van der Waals surface area contributed by atoms with Crippen LogP contribution < -0.4 is 0 Å². The van der Waals surface area contributed by atoms with Crippen LogP contribution in [-0.4, -0.2) is 33.0 Å². The van der Waals surface area contributed by atoms with E-state index >= 15 is 0 Å². The van der Waals surface area contributed by atoms with Gasteiger partial charge >= 0.3 is 7.60 Å². The highest BCUT2D eigenvalue weighted by atomic mass is 31.2. The first kappa shape index (κ1) is 13.2. The van der Waals surface area contributed by atoms with Gasteiger partial charge in [0.05, 0.1) is 6.54 Å². The van der Waals surface area contributed by atoms with Crippen LogP contribution >= 0.6 is 7.60 Å². The molecule has 7 heteroatoms. The monoisotopic (exact) mass is 271 g/mol. The lowest BCUT2D eigenvalue weighted by atomic mass is 10.2. The van der Waals surface area contributed by atoms with Gasteiger partial charge in [0.1, 0.15) is 12.3 Å². The number of carbonyl (C=O) groups excluding carboxylic acids is 1. The van der Waals surface area contributed by atoms with Gasteiger partial charge in [-0.1, -0.05) is 30.3 Å². The van der Waals surface area contributed by atoms with Crippen LogP contribution in [0.5, 0.6) is 0 Å². The lowest BCUT2D eigenvalue weighted by Gasteiger charge is -2.16. The topological polar surface area (TPSA) is 87.1 Å². The molecule has 1 aromatic rings. The van der Waals surface area contributed by atoms with E-state index in [0.717, 1.165) is 10.6 Å². The van der Waals surface area contributed by atoms with E-state index in [1.54, 1.807) is 0 Å². The number of hydrogen-bond acceptors (Lipinski definition) is 3. The number of carbonyl (C=O) groups is 1. The fraction of sp³-hybridized carbons (Fsp3) is 0.364. The summed E-state index contributed by atoms with van der Waals surface area (Å²) in [5.74, 6) is -0.640. The van der Waals surface area contributed by atoms with Crippen LogP contribution in [-0.2, 0) is 20.8 Å². The van der Waals surface area contributed by atoms with Gasteiger partial charge in [0, 0.05) is 0 Å². The molecule has 2 N–H and O–H groups in total. The maximum Gasteiger partial charge on any atom is 0.338 e. The summed E-state index contributed by atoms with van der Waals surface area (Å²) in [6.45, 7) is 0.419. The van der Waals surface area contributed by atoms with E-state index < -0.39 is 19.2 Å². The van der Waals surface area contributed by atoms with E-state index in [9.17, 15) is 9.36 Å². The third-order valence-corrected chi connectivity index (χ3v) is 4.06. The molecule has 0 bridgehead atoms. The Bertz CT molecular complexity index is 472. The van der Waals surface area contributed by atoms with Crippen molar-refractivity contribution >= 4 is 13.5 Å². The zero-order valence-corrected chi connectivity index (χ0v) is 10.5. The van der Waals surface area contributed by atoms with Gasteiger partial charge in [-0.15, -0.1) is 0 Å². The molecule has 0 aromatic heterocycles. The summed E-state index contributed by atoms with van der Waals surface area (Å²) < 4.78 is 11.1. The molecule has 1 heterocycles. The molecule has 1 saturated heterocycles. The van der Waals surface area contributed by atoms with Gasteiger partial charge in [0.2, 0.25) is 0 Å². The average Bonchev–Trinajstić information content (AvgIpc) is 2.69. The van der Waals surface area contributed by atoms with Gasteiger partial charge in [0.15, 0.2) is 0 Å². The van der Waals surface area contributed by atoms with Crippen molar-refractivity contribution in [1.29, 1.82) is 0 Å². The summed E-state index contributed by atoms with van der Waals surface area (Å²) in [4.78, 5) is 34.9. The largest absolute Gasteiger partial charge is 0.338 e. The molecule has 1 atom stereocenters. The predicted molar refractivity (Wildman–Crippen MR) is 63.4 cm³/mol.